The lowest BCUT2D eigenvalue weighted by Gasteiger charge is -2.12. The van der Waals surface area contributed by atoms with Crippen LogP contribution in [0, 0.1) is 5.92 Å². The van der Waals surface area contributed by atoms with E-state index in [1.54, 1.807) is 6.07 Å². The highest BCUT2D eigenvalue weighted by Gasteiger charge is 2.07. The molecule has 0 spiro atoms. The lowest BCUT2D eigenvalue weighted by atomic mass is 10.1. The van der Waals surface area contributed by atoms with Gasteiger partial charge in [-0.1, -0.05) is 26.0 Å². The van der Waals surface area contributed by atoms with Gasteiger partial charge in [0.2, 0.25) is 10.0 Å². The summed E-state index contributed by atoms with van der Waals surface area (Å²) in [4.78, 5) is 4.55. The zero-order valence-electron chi connectivity index (χ0n) is 15.7. The summed E-state index contributed by atoms with van der Waals surface area (Å²) in [6.45, 7) is 9.43. The normalized spacial score (nSPS) is 12.0. The Morgan fingerprint density at radius 3 is 2.62 bits per heavy atom. The van der Waals surface area contributed by atoms with Crippen molar-refractivity contribution >= 4 is 40.0 Å². The minimum Gasteiger partial charge on any atom is -0.380 e. The summed E-state index contributed by atoms with van der Waals surface area (Å²) in [5, 5.41) is 11.5. The molecule has 7 nitrogen and oxygen atoms in total. The number of sulfonamides is 1. The standard InChI is InChI=1S/C17H30N4O3S.HI/c1-4-19-17(20-9-11-24-10-8-14(2)3)21-13-15-6-5-7-16(12-15)25(18,22)23;/h5-7,12,14H,4,8-11,13H2,1-3H3,(H2,18,22,23)(H2,19,20,21);1H. The largest absolute Gasteiger partial charge is 0.380 e. The maximum atomic E-state index is 11.4. The molecule has 1 rings (SSSR count). The van der Waals surface area contributed by atoms with Crippen LogP contribution in [0.1, 0.15) is 32.8 Å². The highest BCUT2D eigenvalue weighted by atomic mass is 127. The number of primary sulfonamides is 1. The van der Waals surface area contributed by atoms with E-state index in [9.17, 15) is 8.42 Å². The van der Waals surface area contributed by atoms with Crippen molar-refractivity contribution in [1.29, 1.82) is 0 Å². The van der Waals surface area contributed by atoms with Crippen molar-refractivity contribution < 1.29 is 13.2 Å². The molecular formula is C17H31IN4O3S. The average Bonchev–Trinajstić information content (AvgIpc) is 2.55. The summed E-state index contributed by atoms with van der Waals surface area (Å²) in [7, 11) is -3.70. The van der Waals surface area contributed by atoms with E-state index in [1.807, 2.05) is 13.0 Å². The van der Waals surface area contributed by atoms with Gasteiger partial charge in [0.25, 0.3) is 0 Å². The molecule has 4 N–H and O–H groups in total. The number of halogens is 1. The number of nitrogens with one attached hydrogen (secondary N) is 2. The van der Waals surface area contributed by atoms with Gasteiger partial charge in [0.05, 0.1) is 18.0 Å². The minimum absolute atomic E-state index is 0. The average molecular weight is 498 g/mol. The van der Waals surface area contributed by atoms with Gasteiger partial charge in [-0.3, -0.25) is 0 Å². The first kappa shape index (κ1) is 25.1. The van der Waals surface area contributed by atoms with Gasteiger partial charge in [-0.05, 0) is 37.0 Å². The van der Waals surface area contributed by atoms with Crippen LogP contribution in [0.4, 0.5) is 0 Å². The fraction of sp³-hybridized carbons (Fsp3) is 0.588. The fourth-order valence-electron chi connectivity index (χ4n) is 2.00. The van der Waals surface area contributed by atoms with E-state index in [-0.39, 0.29) is 28.9 Å². The van der Waals surface area contributed by atoms with Crippen molar-refractivity contribution in [3.05, 3.63) is 29.8 Å². The second kappa shape index (κ2) is 13.3. The molecule has 0 bridgehead atoms. The maximum absolute atomic E-state index is 11.4. The number of ether oxygens (including phenoxy) is 1. The molecule has 0 aromatic heterocycles. The number of guanidine groups is 1. The molecule has 0 unspecified atom stereocenters. The summed E-state index contributed by atoms with van der Waals surface area (Å²) < 4.78 is 28.4. The van der Waals surface area contributed by atoms with Crippen LogP contribution in [-0.2, 0) is 21.3 Å². The number of benzene rings is 1. The van der Waals surface area contributed by atoms with Gasteiger partial charge in [-0.15, -0.1) is 24.0 Å². The third-order valence-corrected chi connectivity index (χ3v) is 4.28. The van der Waals surface area contributed by atoms with Crippen molar-refractivity contribution in [3.63, 3.8) is 0 Å². The predicted molar refractivity (Wildman–Crippen MR) is 116 cm³/mol. The Hall–Kier alpha value is -0.910. The first-order chi connectivity index (χ1) is 11.8. The van der Waals surface area contributed by atoms with Crippen LogP contribution < -0.4 is 15.8 Å². The van der Waals surface area contributed by atoms with Crippen molar-refractivity contribution in [2.24, 2.45) is 16.0 Å². The smallest absolute Gasteiger partial charge is 0.238 e. The fourth-order valence-corrected chi connectivity index (χ4v) is 2.58. The Bertz CT molecular complexity index is 651. The summed E-state index contributed by atoms with van der Waals surface area (Å²) in [5.41, 5.74) is 0.775. The molecule has 1 aromatic rings. The lowest BCUT2D eigenvalue weighted by Crippen LogP contribution is -2.39. The second-order valence-electron chi connectivity index (χ2n) is 6.11. The first-order valence-electron chi connectivity index (χ1n) is 8.54. The third kappa shape index (κ3) is 10.9. The predicted octanol–water partition coefficient (Wildman–Crippen LogP) is 2.07. The van der Waals surface area contributed by atoms with Crippen LogP contribution in [0.15, 0.2) is 34.2 Å². The molecule has 9 heteroatoms. The van der Waals surface area contributed by atoms with Gasteiger partial charge in [0, 0.05) is 19.7 Å². The number of hydrogen-bond acceptors (Lipinski definition) is 4. The Morgan fingerprint density at radius 1 is 1.27 bits per heavy atom. The molecule has 0 fully saturated rings. The number of hydrogen-bond donors (Lipinski definition) is 3. The van der Waals surface area contributed by atoms with Crippen LogP contribution in [0.2, 0.25) is 0 Å². The van der Waals surface area contributed by atoms with E-state index >= 15 is 0 Å². The molecular weight excluding hydrogens is 467 g/mol. The molecule has 0 amide bonds. The number of rotatable bonds is 10. The van der Waals surface area contributed by atoms with Crippen molar-refractivity contribution in [2.45, 2.75) is 38.6 Å². The van der Waals surface area contributed by atoms with Crippen LogP contribution >= 0.6 is 24.0 Å². The Kier molecular flexibility index (Phi) is 12.8. The van der Waals surface area contributed by atoms with Gasteiger partial charge >= 0.3 is 0 Å². The van der Waals surface area contributed by atoms with Gasteiger partial charge in [-0.2, -0.15) is 0 Å². The molecule has 0 saturated carbocycles. The van der Waals surface area contributed by atoms with Crippen molar-refractivity contribution in [2.75, 3.05) is 26.3 Å². The molecule has 0 atom stereocenters. The SMILES string of the molecule is CCNC(=NCc1cccc(S(N)(=O)=O)c1)NCCOCCC(C)C.I. The highest BCUT2D eigenvalue weighted by molar-refractivity contribution is 14.0. The van der Waals surface area contributed by atoms with E-state index in [0.717, 1.165) is 25.1 Å². The number of nitrogens with two attached hydrogens (primary N) is 1. The van der Waals surface area contributed by atoms with E-state index in [2.05, 4.69) is 29.5 Å². The van der Waals surface area contributed by atoms with Gasteiger partial charge in [0.1, 0.15) is 0 Å². The van der Waals surface area contributed by atoms with E-state index in [4.69, 9.17) is 9.88 Å². The van der Waals surface area contributed by atoms with Crippen LogP contribution in [0.3, 0.4) is 0 Å². The van der Waals surface area contributed by atoms with Gasteiger partial charge < -0.3 is 15.4 Å². The minimum atomic E-state index is -3.70. The van der Waals surface area contributed by atoms with Crippen molar-refractivity contribution in [3.8, 4) is 0 Å². The third-order valence-electron chi connectivity index (χ3n) is 3.37. The zero-order valence-corrected chi connectivity index (χ0v) is 18.8. The second-order valence-corrected chi connectivity index (χ2v) is 7.67. The summed E-state index contributed by atoms with van der Waals surface area (Å²) in [6.07, 6.45) is 1.05. The van der Waals surface area contributed by atoms with Crippen LogP contribution in [0.25, 0.3) is 0 Å². The van der Waals surface area contributed by atoms with Gasteiger partial charge in [-0.25, -0.2) is 18.5 Å². The lowest BCUT2D eigenvalue weighted by molar-refractivity contribution is 0.128. The molecule has 0 aliphatic rings. The molecule has 0 aliphatic carbocycles. The Balaban J connectivity index is 0.00000625. The van der Waals surface area contributed by atoms with E-state index in [0.29, 0.717) is 31.6 Å². The zero-order chi connectivity index (χ0) is 18.7. The molecule has 150 valence electrons. The molecule has 0 saturated heterocycles. The molecule has 26 heavy (non-hydrogen) atoms. The number of nitrogens with zero attached hydrogens (tertiary/aromatic N) is 1. The van der Waals surface area contributed by atoms with E-state index in [1.165, 1.54) is 12.1 Å². The van der Waals surface area contributed by atoms with Crippen LogP contribution in [0.5, 0.6) is 0 Å². The Morgan fingerprint density at radius 2 is 2.00 bits per heavy atom. The molecule has 0 heterocycles. The summed E-state index contributed by atoms with van der Waals surface area (Å²) >= 11 is 0. The van der Waals surface area contributed by atoms with Crippen LogP contribution in [-0.4, -0.2) is 40.7 Å². The number of aliphatic imine (C=N–C) groups is 1. The first-order valence-corrected chi connectivity index (χ1v) is 10.1. The Labute approximate surface area is 174 Å². The molecule has 0 radical (unpaired) electrons. The monoisotopic (exact) mass is 498 g/mol. The maximum Gasteiger partial charge on any atom is 0.238 e. The quantitative estimate of drug-likeness (QED) is 0.198. The van der Waals surface area contributed by atoms with E-state index < -0.39 is 10.0 Å². The highest BCUT2D eigenvalue weighted by Crippen LogP contribution is 2.10. The molecule has 0 aliphatic heterocycles. The molecule has 1 aromatic carbocycles. The summed E-state index contributed by atoms with van der Waals surface area (Å²) in [5.74, 6) is 1.30. The van der Waals surface area contributed by atoms with Gasteiger partial charge in [0.15, 0.2) is 5.96 Å². The summed E-state index contributed by atoms with van der Waals surface area (Å²) in [6, 6.07) is 6.49. The van der Waals surface area contributed by atoms with Crippen molar-refractivity contribution in [1.82, 2.24) is 10.6 Å². The topological polar surface area (TPSA) is 106 Å².